The van der Waals surface area contributed by atoms with E-state index in [1.807, 2.05) is 0 Å². The van der Waals surface area contributed by atoms with Crippen LogP contribution in [0.15, 0.2) is 0 Å². The first-order valence-electron chi connectivity index (χ1n) is 3.83. The highest BCUT2D eigenvalue weighted by Gasteiger charge is 2.23. The molecule has 9 heavy (non-hydrogen) atoms. The fraction of sp³-hybridized carbons (Fsp3) is 1.00. The molecule has 0 spiro atoms. The van der Waals surface area contributed by atoms with Crippen molar-refractivity contribution in [3.63, 3.8) is 0 Å². The largest absolute Gasteiger partial charge is 0.314 e. The molecule has 1 rings (SSSR count). The third-order valence-electron chi connectivity index (χ3n) is 2.18. The Balaban J connectivity index is 2.35. The molecule has 0 saturated carbocycles. The van der Waals surface area contributed by atoms with Crippen LogP contribution in [0, 0.1) is 5.41 Å². The molecule has 1 N–H and O–H groups in total. The zero-order chi connectivity index (χ0) is 6.91. The Kier molecular flexibility index (Phi) is 1.80. The van der Waals surface area contributed by atoms with Crippen LogP contribution in [0.1, 0.15) is 33.6 Å². The topological polar surface area (TPSA) is 12.0 Å². The fourth-order valence-electron chi connectivity index (χ4n) is 1.25. The first kappa shape index (κ1) is 7.07. The predicted molar refractivity (Wildman–Crippen MR) is 40.5 cm³/mol. The Morgan fingerprint density at radius 2 is 2.11 bits per heavy atom. The van der Waals surface area contributed by atoms with E-state index in [0.29, 0.717) is 5.41 Å². The maximum Gasteiger partial charge on any atom is 0.00391 e. The number of hydrogen-bond acceptors (Lipinski definition) is 1. The summed E-state index contributed by atoms with van der Waals surface area (Å²) in [5.74, 6) is 0. The number of nitrogens with one attached hydrogen (secondary N) is 1. The van der Waals surface area contributed by atoms with Crippen molar-refractivity contribution < 1.29 is 0 Å². The van der Waals surface area contributed by atoms with Gasteiger partial charge in [0.1, 0.15) is 0 Å². The van der Waals surface area contributed by atoms with E-state index in [2.05, 4.69) is 26.1 Å². The Morgan fingerprint density at radius 3 is 2.44 bits per heavy atom. The second-order valence-corrected chi connectivity index (χ2v) is 3.98. The van der Waals surface area contributed by atoms with Gasteiger partial charge in [0.15, 0.2) is 0 Å². The zero-order valence-electron chi connectivity index (χ0n) is 6.70. The average Bonchev–Trinajstić information content (AvgIpc) is 1.78. The molecule has 1 aliphatic rings. The second-order valence-electron chi connectivity index (χ2n) is 3.98. The Hall–Kier alpha value is -0.0400. The van der Waals surface area contributed by atoms with Gasteiger partial charge in [-0.3, -0.25) is 0 Å². The van der Waals surface area contributed by atoms with Gasteiger partial charge in [0.2, 0.25) is 0 Å². The molecule has 0 aliphatic carbocycles. The lowest BCUT2D eigenvalue weighted by Crippen LogP contribution is -2.41. The van der Waals surface area contributed by atoms with Crippen LogP contribution >= 0.6 is 0 Å². The van der Waals surface area contributed by atoms with E-state index < -0.39 is 0 Å². The maximum atomic E-state index is 3.47. The van der Waals surface area contributed by atoms with Gasteiger partial charge in [-0.1, -0.05) is 13.8 Å². The summed E-state index contributed by atoms with van der Waals surface area (Å²) >= 11 is 0. The Bertz CT molecular complexity index is 86.7. The monoisotopic (exact) mass is 127 g/mol. The summed E-state index contributed by atoms with van der Waals surface area (Å²) in [4.78, 5) is 0. The van der Waals surface area contributed by atoms with Crippen molar-refractivity contribution in [2.45, 2.75) is 39.7 Å². The minimum atomic E-state index is 0.548. The summed E-state index contributed by atoms with van der Waals surface area (Å²) in [6.07, 6.45) is 2.72. The molecule has 0 aromatic carbocycles. The van der Waals surface area contributed by atoms with Crippen LogP contribution in [0.4, 0.5) is 0 Å². The molecule has 1 saturated heterocycles. The SMILES string of the molecule is CC1CCC(C)(C)CN1. The van der Waals surface area contributed by atoms with Crippen molar-refractivity contribution in [3.8, 4) is 0 Å². The Labute approximate surface area is 57.8 Å². The molecule has 0 radical (unpaired) electrons. The first-order valence-corrected chi connectivity index (χ1v) is 3.83. The van der Waals surface area contributed by atoms with Gasteiger partial charge >= 0.3 is 0 Å². The molecule has 1 fully saturated rings. The third-order valence-corrected chi connectivity index (χ3v) is 2.18. The van der Waals surface area contributed by atoms with Gasteiger partial charge in [0, 0.05) is 12.6 Å². The molecule has 1 aliphatic heterocycles. The highest BCUT2D eigenvalue weighted by atomic mass is 14.9. The Morgan fingerprint density at radius 1 is 1.44 bits per heavy atom. The molecule has 1 unspecified atom stereocenters. The van der Waals surface area contributed by atoms with E-state index in [1.54, 1.807) is 0 Å². The number of piperidine rings is 1. The molecule has 0 amide bonds. The van der Waals surface area contributed by atoms with Crippen LogP contribution in [-0.2, 0) is 0 Å². The van der Waals surface area contributed by atoms with Crippen LogP contribution in [-0.4, -0.2) is 12.6 Å². The molecule has 1 nitrogen and oxygen atoms in total. The van der Waals surface area contributed by atoms with Gasteiger partial charge in [0.25, 0.3) is 0 Å². The standard InChI is InChI=1S/C8H17N/c1-7-4-5-8(2,3)6-9-7/h7,9H,4-6H2,1-3H3. The van der Waals surface area contributed by atoms with E-state index >= 15 is 0 Å². The zero-order valence-corrected chi connectivity index (χ0v) is 6.70. The molecule has 0 aromatic rings. The summed E-state index contributed by atoms with van der Waals surface area (Å²) in [6, 6.07) is 0.748. The quantitative estimate of drug-likeness (QED) is 0.523. The summed E-state index contributed by atoms with van der Waals surface area (Å²) in [5.41, 5.74) is 0.548. The maximum absolute atomic E-state index is 3.47. The number of hydrogen-bond donors (Lipinski definition) is 1. The average molecular weight is 127 g/mol. The van der Waals surface area contributed by atoms with Crippen molar-refractivity contribution in [1.82, 2.24) is 5.32 Å². The van der Waals surface area contributed by atoms with Crippen LogP contribution in [0.3, 0.4) is 0 Å². The molecule has 54 valence electrons. The predicted octanol–water partition coefficient (Wildman–Crippen LogP) is 1.78. The van der Waals surface area contributed by atoms with Gasteiger partial charge in [-0.2, -0.15) is 0 Å². The highest BCUT2D eigenvalue weighted by Crippen LogP contribution is 2.25. The molecule has 1 heterocycles. The molecule has 1 atom stereocenters. The van der Waals surface area contributed by atoms with E-state index in [0.717, 1.165) is 6.04 Å². The summed E-state index contributed by atoms with van der Waals surface area (Å²) in [6.45, 7) is 8.10. The van der Waals surface area contributed by atoms with Crippen molar-refractivity contribution in [3.05, 3.63) is 0 Å². The number of rotatable bonds is 0. The van der Waals surface area contributed by atoms with Crippen molar-refractivity contribution in [1.29, 1.82) is 0 Å². The fourth-order valence-corrected chi connectivity index (χ4v) is 1.25. The smallest absolute Gasteiger partial charge is 0.00391 e. The summed E-state index contributed by atoms with van der Waals surface area (Å²) < 4.78 is 0. The third kappa shape index (κ3) is 1.98. The van der Waals surface area contributed by atoms with Crippen LogP contribution < -0.4 is 5.32 Å². The highest BCUT2D eigenvalue weighted by molar-refractivity contribution is 4.80. The van der Waals surface area contributed by atoms with Gasteiger partial charge in [-0.15, -0.1) is 0 Å². The van der Waals surface area contributed by atoms with E-state index in [-0.39, 0.29) is 0 Å². The molecular weight excluding hydrogens is 110 g/mol. The van der Waals surface area contributed by atoms with Crippen molar-refractivity contribution in [2.75, 3.05) is 6.54 Å². The van der Waals surface area contributed by atoms with Crippen LogP contribution in [0.25, 0.3) is 0 Å². The molecular formula is C8H17N. The molecule has 0 aromatic heterocycles. The summed E-state index contributed by atoms with van der Waals surface area (Å²) in [5, 5.41) is 3.47. The van der Waals surface area contributed by atoms with E-state index in [1.165, 1.54) is 19.4 Å². The molecule has 1 heteroatoms. The minimum absolute atomic E-state index is 0.548. The molecule has 0 bridgehead atoms. The summed E-state index contributed by atoms with van der Waals surface area (Å²) in [7, 11) is 0. The second kappa shape index (κ2) is 2.30. The van der Waals surface area contributed by atoms with Gasteiger partial charge in [0.05, 0.1) is 0 Å². The lowest BCUT2D eigenvalue weighted by molar-refractivity contribution is 0.230. The lowest BCUT2D eigenvalue weighted by Gasteiger charge is -2.33. The van der Waals surface area contributed by atoms with Gasteiger partial charge < -0.3 is 5.32 Å². The lowest BCUT2D eigenvalue weighted by atomic mass is 9.83. The van der Waals surface area contributed by atoms with E-state index in [4.69, 9.17) is 0 Å². The van der Waals surface area contributed by atoms with E-state index in [9.17, 15) is 0 Å². The van der Waals surface area contributed by atoms with Gasteiger partial charge in [-0.25, -0.2) is 0 Å². The normalized spacial score (nSPS) is 34.3. The first-order chi connectivity index (χ1) is 4.10. The minimum Gasteiger partial charge on any atom is -0.314 e. The van der Waals surface area contributed by atoms with Crippen LogP contribution in [0.2, 0.25) is 0 Å². The van der Waals surface area contributed by atoms with Crippen molar-refractivity contribution >= 4 is 0 Å². The van der Waals surface area contributed by atoms with Crippen LogP contribution in [0.5, 0.6) is 0 Å². The van der Waals surface area contributed by atoms with Crippen molar-refractivity contribution in [2.24, 2.45) is 5.41 Å². The van der Waals surface area contributed by atoms with Gasteiger partial charge in [-0.05, 0) is 25.2 Å².